The van der Waals surface area contributed by atoms with Crippen LogP contribution in [0.3, 0.4) is 0 Å². The quantitative estimate of drug-likeness (QED) is 0.677. The monoisotopic (exact) mass is 415 g/mol. The first-order chi connectivity index (χ1) is 13.6. The van der Waals surface area contributed by atoms with Gasteiger partial charge in [-0.05, 0) is 43.6 Å². The van der Waals surface area contributed by atoms with Crippen molar-refractivity contribution in [1.82, 2.24) is 15.1 Å². The molecule has 28 heavy (non-hydrogen) atoms. The Labute approximate surface area is 169 Å². The van der Waals surface area contributed by atoms with Gasteiger partial charge in [0.15, 0.2) is 5.03 Å². The molecule has 1 unspecified atom stereocenters. The maximum Gasteiger partial charge on any atom is 0.208 e. The fourth-order valence-electron chi connectivity index (χ4n) is 3.82. The standard InChI is InChI=1S/C21H22ClN3O2S/c22-13-10-20(16-6-2-1-3-7-16)28(26,27)21-18-8-4-5-9-19(18)25(24-21)17-11-14-23-15-12-17/h1-10,13,17,20,23H,11-12,14-15H2. The molecular formula is C21H22ClN3O2S. The number of aromatic nitrogens is 2. The van der Waals surface area contributed by atoms with Crippen LogP contribution in [0.25, 0.3) is 10.9 Å². The van der Waals surface area contributed by atoms with Crippen molar-refractivity contribution in [2.24, 2.45) is 0 Å². The molecule has 1 fully saturated rings. The van der Waals surface area contributed by atoms with E-state index in [0.717, 1.165) is 31.4 Å². The number of rotatable bonds is 5. The van der Waals surface area contributed by atoms with Crippen LogP contribution in [0.5, 0.6) is 0 Å². The summed E-state index contributed by atoms with van der Waals surface area (Å²) in [6.07, 6.45) is 3.36. The molecule has 1 aliphatic rings. The number of nitrogens with one attached hydrogen (secondary N) is 1. The highest BCUT2D eigenvalue weighted by molar-refractivity contribution is 7.92. The predicted octanol–water partition coefficient (Wildman–Crippen LogP) is 4.23. The van der Waals surface area contributed by atoms with Gasteiger partial charge in [-0.15, -0.1) is 0 Å². The lowest BCUT2D eigenvalue weighted by Crippen LogP contribution is -2.30. The Morgan fingerprint density at radius 1 is 1.07 bits per heavy atom. The van der Waals surface area contributed by atoms with Gasteiger partial charge in [-0.1, -0.05) is 60.1 Å². The van der Waals surface area contributed by atoms with Crippen LogP contribution in [0.4, 0.5) is 0 Å². The lowest BCUT2D eigenvalue weighted by atomic mass is 10.1. The fourth-order valence-corrected chi connectivity index (χ4v) is 5.78. The molecule has 1 N–H and O–H groups in total. The summed E-state index contributed by atoms with van der Waals surface area (Å²) >= 11 is 5.81. The highest BCUT2D eigenvalue weighted by Crippen LogP contribution is 2.35. The van der Waals surface area contributed by atoms with Crippen LogP contribution >= 0.6 is 11.6 Å². The van der Waals surface area contributed by atoms with Crippen molar-refractivity contribution in [3.63, 3.8) is 0 Å². The van der Waals surface area contributed by atoms with E-state index in [9.17, 15) is 8.42 Å². The molecule has 146 valence electrons. The molecule has 2 aromatic carbocycles. The zero-order valence-corrected chi connectivity index (χ0v) is 16.9. The Bertz CT molecular complexity index is 1090. The van der Waals surface area contributed by atoms with Crippen LogP contribution in [0, 0.1) is 0 Å². The van der Waals surface area contributed by atoms with Gasteiger partial charge >= 0.3 is 0 Å². The van der Waals surface area contributed by atoms with Gasteiger partial charge in [-0.3, -0.25) is 4.68 Å². The molecule has 1 saturated heterocycles. The van der Waals surface area contributed by atoms with Crippen molar-refractivity contribution < 1.29 is 8.42 Å². The molecule has 0 saturated carbocycles. The van der Waals surface area contributed by atoms with E-state index in [-0.39, 0.29) is 11.1 Å². The van der Waals surface area contributed by atoms with Gasteiger partial charge in [-0.2, -0.15) is 5.10 Å². The number of hydrogen-bond acceptors (Lipinski definition) is 4. The van der Waals surface area contributed by atoms with Crippen LogP contribution in [0.15, 0.2) is 71.2 Å². The Kier molecular flexibility index (Phi) is 5.53. The lowest BCUT2D eigenvalue weighted by Gasteiger charge is -2.23. The lowest BCUT2D eigenvalue weighted by molar-refractivity contribution is 0.347. The number of halogens is 1. The minimum absolute atomic E-state index is 0.116. The zero-order valence-electron chi connectivity index (χ0n) is 15.3. The van der Waals surface area contributed by atoms with Crippen molar-refractivity contribution in [3.8, 4) is 0 Å². The second kappa shape index (κ2) is 8.07. The summed E-state index contributed by atoms with van der Waals surface area (Å²) in [5.74, 6) is 0. The number of piperidine rings is 1. The van der Waals surface area contributed by atoms with Gasteiger partial charge in [0.05, 0.1) is 11.6 Å². The first-order valence-electron chi connectivity index (χ1n) is 9.36. The molecule has 2 heterocycles. The normalized spacial score (nSPS) is 17.3. The van der Waals surface area contributed by atoms with Crippen molar-refractivity contribution in [2.75, 3.05) is 13.1 Å². The second-order valence-corrected chi connectivity index (χ2v) is 9.18. The van der Waals surface area contributed by atoms with Gasteiger partial charge in [0.2, 0.25) is 9.84 Å². The Hall–Kier alpha value is -2.15. The second-order valence-electron chi connectivity index (χ2n) is 6.94. The third-order valence-corrected chi connectivity index (χ3v) is 7.30. The van der Waals surface area contributed by atoms with E-state index in [1.165, 1.54) is 11.6 Å². The van der Waals surface area contributed by atoms with Crippen LogP contribution in [-0.2, 0) is 9.84 Å². The number of nitrogens with zero attached hydrogens (tertiary/aromatic N) is 2. The van der Waals surface area contributed by atoms with E-state index < -0.39 is 15.1 Å². The summed E-state index contributed by atoms with van der Waals surface area (Å²) in [4.78, 5) is 0. The van der Waals surface area contributed by atoms with Crippen LogP contribution in [0.1, 0.15) is 29.7 Å². The molecular weight excluding hydrogens is 394 g/mol. The maximum atomic E-state index is 13.6. The SMILES string of the molecule is O=S(=O)(c1nn(C2CCNCC2)c2ccccc12)C(C=CCl)c1ccccc1. The third-order valence-electron chi connectivity index (χ3n) is 5.21. The topological polar surface area (TPSA) is 64.0 Å². The molecule has 0 amide bonds. The van der Waals surface area contributed by atoms with Gasteiger partial charge in [0.25, 0.3) is 0 Å². The largest absolute Gasteiger partial charge is 0.317 e. The zero-order chi connectivity index (χ0) is 19.6. The van der Waals surface area contributed by atoms with Crippen molar-refractivity contribution in [3.05, 3.63) is 71.8 Å². The van der Waals surface area contributed by atoms with Gasteiger partial charge < -0.3 is 5.32 Å². The molecule has 1 aromatic heterocycles. The summed E-state index contributed by atoms with van der Waals surface area (Å²) in [7, 11) is -3.78. The Morgan fingerprint density at radius 2 is 1.75 bits per heavy atom. The molecule has 0 bridgehead atoms. The Balaban J connectivity index is 1.87. The van der Waals surface area contributed by atoms with Crippen molar-refractivity contribution in [2.45, 2.75) is 29.2 Å². The number of hydrogen-bond donors (Lipinski definition) is 1. The van der Waals surface area contributed by atoms with Crippen LogP contribution < -0.4 is 5.32 Å². The smallest absolute Gasteiger partial charge is 0.208 e. The molecule has 1 atom stereocenters. The first-order valence-corrected chi connectivity index (χ1v) is 11.3. The molecule has 5 nitrogen and oxygen atoms in total. The summed E-state index contributed by atoms with van der Waals surface area (Å²) in [5.41, 5.74) is 2.79. The first kappa shape index (κ1) is 19.2. The number of para-hydroxylation sites is 1. The molecule has 0 aliphatic carbocycles. The summed E-state index contributed by atoms with van der Waals surface area (Å²) < 4.78 is 29.2. The van der Waals surface area contributed by atoms with Crippen molar-refractivity contribution in [1.29, 1.82) is 0 Å². The fraction of sp³-hybridized carbons (Fsp3) is 0.286. The molecule has 0 radical (unpaired) electrons. The van der Waals surface area contributed by atoms with E-state index in [1.54, 1.807) is 12.1 Å². The van der Waals surface area contributed by atoms with Crippen LogP contribution in [0.2, 0.25) is 0 Å². The maximum absolute atomic E-state index is 13.6. The Morgan fingerprint density at radius 3 is 2.46 bits per heavy atom. The van der Waals surface area contributed by atoms with Gasteiger partial charge in [0.1, 0.15) is 5.25 Å². The number of sulfone groups is 1. The average molecular weight is 416 g/mol. The molecule has 3 aromatic rings. The van der Waals surface area contributed by atoms with E-state index in [2.05, 4.69) is 10.4 Å². The highest BCUT2D eigenvalue weighted by Gasteiger charge is 2.33. The minimum atomic E-state index is -3.78. The van der Waals surface area contributed by atoms with Crippen LogP contribution in [-0.4, -0.2) is 31.3 Å². The predicted molar refractivity (Wildman–Crippen MR) is 112 cm³/mol. The van der Waals surface area contributed by atoms with E-state index >= 15 is 0 Å². The van der Waals surface area contributed by atoms with E-state index in [4.69, 9.17) is 11.6 Å². The summed E-state index contributed by atoms with van der Waals surface area (Å²) in [6.45, 7) is 1.81. The van der Waals surface area contributed by atoms with E-state index in [0.29, 0.717) is 10.9 Å². The average Bonchev–Trinajstić information content (AvgIpc) is 3.14. The van der Waals surface area contributed by atoms with Crippen molar-refractivity contribution >= 4 is 32.3 Å². The molecule has 7 heteroatoms. The number of benzene rings is 2. The molecule has 4 rings (SSSR count). The molecule has 1 aliphatic heterocycles. The summed E-state index contributed by atoms with van der Waals surface area (Å²) in [5, 5.41) is 7.87. The van der Waals surface area contributed by atoms with E-state index in [1.807, 2.05) is 47.1 Å². The van der Waals surface area contributed by atoms with Gasteiger partial charge in [0, 0.05) is 10.9 Å². The highest BCUT2D eigenvalue weighted by atomic mass is 35.5. The molecule has 0 spiro atoms. The minimum Gasteiger partial charge on any atom is -0.317 e. The summed E-state index contributed by atoms with van der Waals surface area (Å²) in [6, 6.07) is 16.8. The number of fused-ring (bicyclic) bond motifs is 1. The third kappa shape index (κ3) is 3.48. The van der Waals surface area contributed by atoms with Gasteiger partial charge in [-0.25, -0.2) is 8.42 Å².